The van der Waals surface area contributed by atoms with Crippen LogP contribution >= 0.6 is 15.9 Å². The van der Waals surface area contributed by atoms with Crippen molar-refractivity contribution in [3.8, 4) is 5.75 Å². The number of aryl methyl sites for hydroxylation is 1. The van der Waals surface area contributed by atoms with Crippen LogP contribution in [0.2, 0.25) is 0 Å². The number of carboxylic acids is 1. The maximum absolute atomic E-state index is 12.3. The van der Waals surface area contributed by atoms with Crippen molar-refractivity contribution in [1.29, 1.82) is 0 Å². The minimum Gasteiger partial charge on any atom is -0.496 e. The maximum Gasteiger partial charge on any atom is 0.337 e. The van der Waals surface area contributed by atoms with Crippen LogP contribution in [0.5, 0.6) is 5.75 Å². The molecule has 0 aromatic heterocycles. The van der Waals surface area contributed by atoms with Crippen LogP contribution in [-0.2, 0) is 0 Å². The second-order valence-corrected chi connectivity index (χ2v) is 5.55. The molecule has 0 atom stereocenters. The predicted molar refractivity (Wildman–Crippen MR) is 86.8 cm³/mol. The zero-order valence-electron chi connectivity index (χ0n) is 12.0. The predicted octanol–water partition coefficient (Wildman–Crippen LogP) is 3.72. The van der Waals surface area contributed by atoms with E-state index in [1.165, 1.54) is 19.2 Å². The standard InChI is InChI=1S/C16H14BrNO4/c1-9-3-4-10(7-14(9)22-2)15(19)18-13-6-5-11(17)8-12(13)16(20)21/h3-8H,1-2H3,(H,18,19)(H,20,21). The van der Waals surface area contributed by atoms with Crippen molar-refractivity contribution < 1.29 is 19.4 Å². The largest absolute Gasteiger partial charge is 0.496 e. The zero-order valence-corrected chi connectivity index (χ0v) is 13.6. The number of halogens is 1. The minimum absolute atomic E-state index is 0.0156. The molecule has 0 heterocycles. The fourth-order valence-electron chi connectivity index (χ4n) is 1.96. The second-order valence-electron chi connectivity index (χ2n) is 4.63. The average molecular weight is 364 g/mol. The number of benzene rings is 2. The van der Waals surface area contributed by atoms with Crippen LogP contribution in [0.4, 0.5) is 5.69 Å². The summed E-state index contributed by atoms with van der Waals surface area (Å²) in [7, 11) is 1.53. The van der Waals surface area contributed by atoms with Crippen molar-refractivity contribution in [2.24, 2.45) is 0 Å². The molecule has 0 aliphatic heterocycles. The molecule has 0 aliphatic rings. The maximum atomic E-state index is 12.3. The number of carboxylic acid groups (broad SMARTS) is 1. The van der Waals surface area contributed by atoms with Crippen LogP contribution in [0.3, 0.4) is 0 Å². The van der Waals surface area contributed by atoms with E-state index in [2.05, 4.69) is 21.2 Å². The first-order chi connectivity index (χ1) is 10.4. The van der Waals surface area contributed by atoms with Gasteiger partial charge in [-0.3, -0.25) is 4.79 Å². The van der Waals surface area contributed by atoms with Gasteiger partial charge in [-0.25, -0.2) is 4.79 Å². The third-order valence-corrected chi connectivity index (χ3v) is 3.62. The summed E-state index contributed by atoms with van der Waals surface area (Å²) in [5, 5.41) is 11.8. The summed E-state index contributed by atoms with van der Waals surface area (Å²) < 4.78 is 5.81. The van der Waals surface area contributed by atoms with Crippen LogP contribution < -0.4 is 10.1 Å². The molecule has 0 saturated heterocycles. The highest BCUT2D eigenvalue weighted by atomic mass is 79.9. The van der Waals surface area contributed by atoms with Crippen molar-refractivity contribution >= 4 is 33.5 Å². The first kappa shape index (κ1) is 16.0. The van der Waals surface area contributed by atoms with Crippen molar-refractivity contribution in [3.05, 3.63) is 57.6 Å². The molecule has 5 nitrogen and oxygen atoms in total. The smallest absolute Gasteiger partial charge is 0.337 e. The van der Waals surface area contributed by atoms with Crippen molar-refractivity contribution in [3.63, 3.8) is 0 Å². The highest BCUT2D eigenvalue weighted by Crippen LogP contribution is 2.23. The molecule has 6 heteroatoms. The van der Waals surface area contributed by atoms with E-state index in [1.54, 1.807) is 24.3 Å². The molecule has 1 amide bonds. The monoisotopic (exact) mass is 363 g/mol. The Hall–Kier alpha value is -2.34. The Morgan fingerprint density at radius 3 is 2.55 bits per heavy atom. The summed E-state index contributed by atoms with van der Waals surface area (Å²) in [4.78, 5) is 23.5. The van der Waals surface area contributed by atoms with Gasteiger partial charge in [-0.1, -0.05) is 22.0 Å². The highest BCUT2D eigenvalue weighted by Gasteiger charge is 2.15. The molecule has 0 unspecified atom stereocenters. The number of aromatic carboxylic acids is 1. The number of anilines is 1. The molecule has 0 radical (unpaired) electrons. The molecule has 0 fully saturated rings. The van der Waals surface area contributed by atoms with E-state index < -0.39 is 11.9 Å². The molecule has 0 saturated carbocycles. The molecule has 2 aromatic carbocycles. The number of ether oxygens (including phenoxy) is 1. The number of amides is 1. The third kappa shape index (κ3) is 3.46. The normalized spacial score (nSPS) is 10.1. The van der Waals surface area contributed by atoms with Gasteiger partial charge < -0.3 is 15.2 Å². The van der Waals surface area contributed by atoms with Gasteiger partial charge in [0, 0.05) is 10.0 Å². The number of rotatable bonds is 4. The van der Waals surface area contributed by atoms with Crippen molar-refractivity contribution in [2.75, 3.05) is 12.4 Å². The lowest BCUT2D eigenvalue weighted by Crippen LogP contribution is -2.15. The molecule has 0 bridgehead atoms. The molecule has 2 rings (SSSR count). The SMILES string of the molecule is COc1cc(C(=O)Nc2ccc(Br)cc2C(=O)O)ccc1C. The summed E-state index contributed by atoms with van der Waals surface area (Å²) in [5.41, 5.74) is 1.55. The van der Waals surface area contributed by atoms with E-state index in [9.17, 15) is 14.7 Å². The summed E-state index contributed by atoms with van der Waals surface area (Å²) in [6.07, 6.45) is 0. The topological polar surface area (TPSA) is 75.6 Å². The quantitative estimate of drug-likeness (QED) is 0.867. The summed E-state index contributed by atoms with van der Waals surface area (Å²) in [6.45, 7) is 1.87. The van der Waals surface area contributed by atoms with Crippen LogP contribution in [-0.4, -0.2) is 24.1 Å². The Labute approximate surface area is 136 Å². The van der Waals surface area contributed by atoms with E-state index in [-0.39, 0.29) is 11.3 Å². The van der Waals surface area contributed by atoms with Crippen LogP contribution in [0.25, 0.3) is 0 Å². The minimum atomic E-state index is -1.11. The summed E-state index contributed by atoms with van der Waals surface area (Å²) >= 11 is 3.21. The van der Waals surface area contributed by atoms with E-state index in [0.717, 1.165) is 5.56 Å². The fraction of sp³-hybridized carbons (Fsp3) is 0.125. The first-order valence-electron chi connectivity index (χ1n) is 6.41. The fourth-order valence-corrected chi connectivity index (χ4v) is 2.32. The zero-order chi connectivity index (χ0) is 16.3. The van der Waals surface area contributed by atoms with Crippen LogP contribution in [0, 0.1) is 6.92 Å². The van der Waals surface area contributed by atoms with E-state index in [1.807, 2.05) is 6.92 Å². The van der Waals surface area contributed by atoms with Gasteiger partial charge in [-0.15, -0.1) is 0 Å². The molecular weight excluding hydrogens is 350 g/mol. The Morgan fingerprint density at radius 1 is 1.18 bits per heavy atom. The van der Waals surface area contributed by atoms with Gasteiger partial charge in [-0.2, -0.15) is 0 Å². The lowest BCUT2D eigenvalue weighted by Gasteiger charge is -2.11. The number of methoxy groups -OCH3 is 1. The first-order valence-corrected chi connectivity index (χ1v) is 7.20. The van der Waals surface area contributed by atoms with Gasteiger partial charge in [0.05, 0.1) is 18.4 Å². The molecule has 2 aromatic rings. The lowest BCUT2D eigenvalue weighted by molar-refractivity contribution is 0.0698. The van der Waals surface area contributed by atoms with Gasteiger partial charge in [-0.05, 0) is 42.8 Å². The Kier molecular flexibility index (Phi) is 4.82. The molecule has 114 valence electrons. The number of carbonyl (C=O) groups is 2. The van der Waals surface area contributed by atoms with Gasteiger partial charge in [0.1, 0.15) is 5.75 Å². The molecule has 0 aliphatic carbocycles. The van der Waals surface area contributed by atoms with E-state index in [4.69, 9.17) is 4.74 Å². The molecular formula is C16H14BrNO4. The van der Waals surface area contributed by atoms with E-state index in [0.29, 0.717) is 15.8 Å². The number of hydrogen-bond donors (Lipinski definition) is 2. The number of hydrogen-bond acceptors (Lipinski definition) is 3. The second kappa shape index (κ2) is 6.62. The van der Waals surface area contributed by atoms with Gasteiger partial charge in [0.25, 0.3) is 5.91 Å². The summed E-state index contributed by atoms with van der Waals surface area (Å²) in [5.74, 6) is -0.914. The number of carbonyl (C=O) groups excluding carboxylic acids is 1. The van der Waals surface area contributed by atoms with Gasteiger partial charge in [0.15, 0.2) is 0 Å². The molecule has 22 heavy (non-hydrogen) atoms. The van der Waals surface area contributed by atoms with Gasteiger partial charge in [0.2, 0.25) is 0 Å². The highest BCUT2D eigenvalue weighted by molar-refractivity contribution is 9.10. The van der Waals surface area contributed by atoms with Gasteiger partial charge >= 0.3 is 5.97 Å². The van der Waals surface area contributed by atoms with Crippen LogP contribution in [0.1, 0.15) is 26.3 Å². The Bertz CT molecular complexity index is 743. The van der Waals surface area contributed by atoms with Crippen LogP contribution in [0.15, 0.2) is 40.9 Å². The molecule has 2 N–H and O–H groups in total. The molecule has 0 spiro atoms. The average Bonchev–Trinajstić information content (AvgIpc) is 2.49. The van der Waals surface area contributed by atoms with E-state index >= 15 is 0 Å². The summed E-state index contributed by atoms with van der Waals surface area (Å²) in [6, 6.07) is 9.69. The lowest BCUT2D eigenvalue weighted by atomic mass is 10.1. The number of nitrogens with one attached hydrogen (secondary N) is 1. The van der Waals surface area contributed by atoms with Crippen molar-refractivity contribution in [2.45, 2.75) is 6.92 Å². The third-order valence-electron chi connectivity index (χ3n) is 3.13. The Balaban J connectivity index is 2.31. The Morgan fingerprint density at radius 2 is 1.91 bits per heavy atom. The van der Waals surface area contributed by atoms with Crippen molar-refractivity contribution in [1.82, 2.24) is 0 Å².